The van der Waals surface area contributed by atoms with Crippen LogP contribution in [0.4, 0.5) is 11.4 Å². The van der Waals surface area contributed by atoms with Crippen LogP contribution >= 0.6 is 0 Å². The van der Waals surface area contributed by atoms with E-state index in [9.17, 15) is 14.9 Å². The zero-order chi connectivity index (χ0) is 15.7. The normalized spacial score (nSPS) is 10.5. The van der Waals surface area contributed by atoms with Gasteiger partial charge in [-0.25, -0.2) is 4.98 Å². The fraction of sp³-hybridized carbons (Fsp3) is 0. The number of non-ortho nitro benzene ring substituents is 1. The lowest BCUT2D eigenvalue weighted by Gasteiger charge is -2.04. The van der Waals surface area contributed by atoms with Gasteiger partial charge in [-0.15, -0.1) is 0 Å². The monoisotopic (exact) mass is 293 g/mol. The second kappa shape index (κ2) is 5.25. The zero-order valence-electron chi connectivity index (χ0n) is 11.4. The predicted octanol–water partition coefficient (Wildman–Crippen LogP) is 2.96. The van der Waals surface area contributed by atoms with Gasteiger partial charge in [0.15, 0.2) is 0 Å². The molecule has 108 valence electrons. The largest absolute Gasteiger partial charge is 0.397 e. The van der Waals surface area contributed by atoms with Gasteiger partial charge in [-0.05, 0) is 24.3 Å². The van der Waals surface area contributed by atoms with Crippen LogP contribution in [-0.2, 0) is 0 Å². The molecule has 0 unspecified atom stereocenters. The number of rotatable bonds is 3. The van der Waals surface area contributed by atoms with Gasteiger partial charge in [0, 0.05) is 23.1 Å². The lowest BCUT2D eigenvalue weighted by Crippen LogP contribution is -2.05. The molecule has 0 fully saturated rings. The van der Waals surface area contributed by atoms with Crippen LogP contribution in [-0.4, -0.2) is 15.7 Å². The Morgan fingerprint density at radius 2 is 1.77 bits per heavy atom. The highest BCUT2D eigenvalue weighted by Gasteiger charge is 2.13. The summed E-state index contributed by atoms with van der Waals surface area (Å²) in [5.41, 5.74) is 7.46. The van der Waals surface area contributed by atoms with Crippen LogP contribution in [0.2, 0.25) is 0 Å². The first-order chi connectivity index (χ1) is 10.6. The third-order valence-corrected chi connectivity index (χ3v) is 3.32. The Kier molecular flexibility index (Phi) is 3.27. The van der Waals surface area contributed by atoms with E-state index in [2.05, 4.69) is 4.98 Å². The summed E-state index contributed by atoms with van der Waals surface area (Å²) in [5, 5.41) is 11.5. The minimum atomic E-state index is -0.511. The highest BCUT2D eigenvalue weighted by molar-refractivity contribution is 6.09. The van der Waals surface area contributed by atoms with Crippen molar-refractivity contribution in [3.05, 3.63) is 76.0 Å². The van der Waals surface area contributed by atoms with Gasteiger partial charge < -0.3 is 5.73 Å². The first kappa shape index (κ1) is 13.7. The molecule has 3 rings (SSSR count). The highest BCUT2D eigenvalue weighted by atomic mass is 16.6. The number of nitro groups is 1. The van der Waals surface area contributed by atoms with E-state index in [1.165, 1.54) is 24.3 Å². The maximum Gasteiger partial charge on any atom is 0.269 e. The standard InChI is InChI=1S/C16H11N3O3/c17-13-3-1-2-10-6-9-14(18-15(10)13)16(20)11-4-7-12(8-5-11)19(21)22/h1-9H,17H2. The van der Waals surface area contributed by atoms with Gasteiger partial charge in [0.2, 0.25) is 5.78 Å². The number of fused-ring (bicyclic) bond motifs is 1. The first-order valence-corrected chi connectivity index (χ1v) is 6.50. The summed E-state index contributed by atoms with van der Waals surface area (Å²) in [7, 11) is 0. The molecule has 2 aromatic carbocycles. The summed E-state index contributed by atoms with van der Waals surface area (Å²) in [6.45, 7) is 0. The van der Waals surface area contributed by atoms with Gasteiger partial charge in [0.05, 0.1) is 16.1 Å². The number of carbonyl (C=O) groups excluding carboxylic acids is 1. The summed E-state index contributed by atoms with van der Waals surface area (Å²) in [6.07, 6.45) is 0. The molecule has 3 aromatic rings. The van der Waals surface area contributed by atoms with E-state index in [0.29, 0.717) is 16.8 Å². The van der Waals surface area contributed by atoms with Crippen molar-refractivity contribution in [3.8, 4) is 0 Å². The Labute approximate surface area is 125 Å². The molecular formula is C16H11N3O3. The van der Waals surface area contributed by atoms with Crippen LogP contribution in [0, 0.1) is 10.1 Å². The molecule has 22 heavy (non-hydrogen) atoms. The van der Waals surface area contributed by atoms with Gasteiger partial charge in [0.1, 0.15) is 5.69 Å². The average Bonchev–Trinajstić information content (AvgIpc) is 2.54. The fourth-order valence-corrected chi connectivity index (χ4v) is 2.18. The number of hydrogen-bond donors (Lipinski definition) is 1. The maximum atomic E-state index is 12.4. The first-order valence-electron chi connectivity index (χ1n) is 6.50. The van der Waals surface area contributed by atoms with E-state index in [1.54, 1.807) is 18.2 Å². The molecule has 0 bridgehead atoms. The molecule has 0 aliphatic heterocycles. The minimum absolute atomic E-state index is 0.0627. The number of nitro benzene ring substituents is 1. The van der Waals surface area contributed by atoms with Crippen molar-refractivity contribution in [1.82, 2.24) is 4.98 Å². The predicted molar refractivity (Wildman–Crippen MR) is 82.7 cm³/mol. The molecule has 1 heterocycles. The van der Waals surface area contributed by atoms with Crippen LogP contribution in [0.3, 0.4) is 0 Å². The van der Waals surface area contributed by atoms with E-state index in [1.807, 2.05) is 12.1 Å². The van der Waals surface area contributed by atoms with Crippen LogP contribution in [0.1, 0.15) is 16.1 Å². The van der Waals surface area contributed by atoms with Crippen LogP contribution in [0.25, 0.3) is 10.9 Å². The van der Waals surface area contributed by atoms with E-state index in [-0.39, 0.29) is 17.2 Å². The van der Waals surface area contributed by atoms with Crippen molar-refractivity contribution in [3.63, 3.8) is 0 Å². The minimum Gasteiger partial charge on any atom is -0.397 e. The average molecular weight is 293 g/mol. The lowest BCUT2D eigenvalue weighted by atomic mass is 10.1. The number of pyridine rings is 1. The summed E-state index contributed by atoms with van der Waals surface area (Å²) < 4.78 is 0. The molecule has 0 atom stereocenters. The molecule has 0 aliphatic rings. The lowest BCUT2D eigenvalue weighted by molar-refractivity contribution is -0.384. The molecule has 6 nitrogen and oxygen atoms in total. The zero-order valence-corrected chi connectivity index (χ0v) is 11.4. The van der Waals surface area contributed by atoms with E-state index in [4.69, 9.17) is 5.73 Å². The number of carbonyl (C=O) groups is 1. The van der Waals surface area contributed by atoms with Crippen LogP contribution in [0.15, 0.2) is 54.6 Å². The van der Waals surface area contributed by atoms with Crippen molar-refractivity contribution in [1.29, 1.82) is 0 Å². The number of benzene rings is 2. The molecule has 1 aromatic heterocycles. The van der Waals surface area contributed by atoms with E-state index < -0.39 is 4.92 Å². The Bertz CT molecular complexity index is 889. The second-order valence-electron chi connectivity index (χ2n) is 4.75. The van der Waals surface area contributed by atoms with Crippen molar-refractivity contribution in [2.45, 2.75) is 0 Å². The summed E-state index contributed by atoms with van der Waals surface area (Å²) in [4.78, 5) is 26.8. The number of aromatic nitrogens is 1. The number of hydrogen-bond acceptors (Lipinski definition) is 5. The number of anilines is 1. The quantitative estimate of drug-likeness (QED) is 0.346. The van der Waals surface area contributed by atoms with Gasteiger partial charge in [-0.3, -0.25) is 14.9 Å². The number of ketones is 1. The third kappa shape index (κ3) is 2.37. The second-order valence-corrected chi connectivity index (χ2v) is 4.75. The van der Waals surface area contributed by atoms with Crippen molar-refractivity contribution >= 4 is 28.1 Å². The number of nitrogens with two attached hydrogens (primary N) is 1. The smallest absolute Gasteiger partial charge is 0.269 e. The number of para-hydroxylation sites is 1. The third-order valence-electron chi connectivity index (χ3n) is 3.32. The van der Waals surface area contributed by atoms with E-state index in [0.717, 1.165) is 5.39 Å². The van der Waals surface area contributed by atoms with Crippen LogP contribution in [0.5, 0.6) is 0 Å². The SMILES string of the molecule is Nc1cccc2ccc(C(=O)c3ccc([N+](=O)[O-])cc3)nc12. The van der Waals surface area contributed by atoms with Gasteiger partial charge >= 0.3 is 0 Å². The Hall–Kier alpha value is -3.28. The van der Waals surface area contributed by atoms with Crippen LogP contribution < -0.4 is 5.73 Å². The molecular weight excluding hydrogens is 282 g/mol. The molecule has 0 aliphatic carbocycles. The molecule has 2 N–H and O–H groups in total. The van der Waals surface area contributed by atoms with Crippen molar-refractivity contribution in [2.24, 2.45) is 0 Å². The molecule has 6 heteroatoms. The maximum absolute atomic E-state index is 12.4. The summed E-state index contributed by atoms with van der Waals surface area (Å²) in [5.74, 6) is -0.306. The number of nitrogen functional groups attached to an aromatic ring is 1. The molecule has 0 amide bonds. The van der Waals surface area contributed by atoms with Gasteiger partial charge in [-0.1, -0.05) is 18.2 Å². The Balaban J connectivity index is 2.01. The molecule has 0 radical (unpaired) electrons. The number of nitrogens with zero attached hydrogens (tertiary/aromatic N) is 2. The summed E-state index contributed by atoms with van der Waals surface area (Å²) >= 11 is 0. The highest BCUT2D eigenvalue weighted by Crippen LogP contribution is 2.21. The summed E-state index contributed by atoms with van der Waals surface area (Å²) in [6, 6.07) is 14.2. The fourth-order valence-electron chi connectivity index (χ4n) is 2.18. The van der Waals surface area contributed by atoms with Gasteiger partial charge in [-0.2, -0.15) is 0 Å². The molecule has 0 saturated carbocycles. The Morgan fingerprint density at radius 3 is 2.45 bits per heavy atom. The van der Waals surface area contributed by atoms with E-state index >= 15 is 0 Å². The topological polar surface area (TPSA) is 99.1 Å². The Morgan fingerprint density at radius 1 is 1.05 bits per heavy atom. The molecule has 0 saturated heterocycles. The molecule has 0 spiro atoms. The van der Waals surface area contributed by atoms with Crippen molar-refractivity contribution < 1.29 is 9.72 Å². The van der Waals surface area contributed by atoms with Crippen molar-refractivity contribution in [2.75, 3.05) is 5.73 Å². The van der Waals surface area contributed by atoms with Gasteiger partial charge in [0.25, 0.3) is 5.69 Å².